The molecule has 158 valence electrons. The topological polar surface area (TPSA) is 66.9 Å². The lowest BCUT2D eigenvalue weighted by atomic mass is 10.0. The Morgan fingerprint density at radius 1 is 1.06 bits per heavy atom. The summed E-state index contributed by atoms with van der Waals surface area (Å²) >= 11 is 1.59. The molecule has 0 fully saturated rings. The van der Waals surface area contributed by atoms with Crippen LogP contribution in [0.5, 0.6) is 0 Å². The summed E-state index contributed by atoms with van der Waals surface area (Å²) in [5.41, 5.74) is 3.28. The van der Waals surface area contributed by atoms with E-state index < -0.39 is 11.6 Å². The van der Waals surface area contributed by atoms with E-state index in [-0.39, 0.29) is 18.0 Å². The molecule has 2 aromatic carbocycles. The van der Waals surface area contributed by atoms with Gasteiger partial charge in [0, 0.05) is 29.5 Å². The van der Waals surface area contributed by atoms with E-state index in [2.05, 4.69) is 51.8 Å². The lowest BCUT2D eigenvalue weighted by Crippen LogP contribution is -2.17. The number of aromatic nitrogens is 2. The lowest BCUT2D eigenvalue weighted by Gasteiger charge is -2.10. The third kappa shape index (κ3) is 4.54. The third-order valence-corrected chi connectivity index (χ3v) is 5.87. The van der Waals surface area contributed by atoms with Gasteiger partial charge in [0.15, 0.2) is 0 Å². The SMILES string of the molecule is Cc1ccc(-c2c(C)sc3ncnc(NCCC(=O)Nc4ccc(F)cc4F)c23)cc1. The molecule has 2 aromatic heterocycles. The largest absolute Gasteiger partial charge is 0.369 e. The molecule has 4 aromatic rings. The van der Waals surface area contributed by atoms with Crippen molar-refractivity contribution in [3.8, 4) is 11.1 Å². The second-order valence-corrected chi connectivity index (χ2v) is 8.35. The second-order valence-electron chi connectivity index (χ2n) is 7.15. The number of carbonyl (C=O) groups is 1. The zero-order valence-electron chi connectivity index (χ0n) is 17.0. The average Bonchev–Trinajstić information content (AvgIpc) is 3.07. The van der Waals surface area contributed by atoms with Crippen LogP contribution in [0.2, 0.25) is 0 Å². The number of thiophene rings is 1. The van der Waals surface area contributed by atoms with Crippen molar-refractivity contribution in [2.24, 2.45) is 0 Å². The summed E-state index contributed by atoms with van der Waals surface area (Å²) in [5.74, 6) is -1.25. The van der Waals surface area contributed by atoms with Gasteiger partial charge < -0.3 is 10.6 Å². The minimum Gasteiger partial charge on any atom is -0.369 e. The number of benzene rings is 2. The van der Waals surface area contributed by atoms with Crippen molar-refractivity contribution in [3.63, 3.8) is 0 Å². The Morgan fingerprint density at radius 3 is 2.58 bits per heavy atom. The number of nitrogens with one attached hydrogen (secondary N) is 2. The molecule has 0 saturated heterocycles. The standard InChI is InChI=1S/C23H20F2N4OS/c1-13-3-5-15(6-4-13)20-14(2)31-23-21(20)22(27-12-28-23)26-10-9-19(30)29-18-8-7-16(24)11-17(18)25/h3-8,11-12H,9-10H2,1-2H3,(H,29,30)(H,26,27,28). The molecular formula is C23H20F2N4OS. The molecular weight excluding hydrogens is 418 g/mol. The van der Waals surface area contributed by atoms with E-state index in [0.717, 1.165) is 38.4 Å². The van der Waals surface area contributed by atoms with Crippen LogP contribution in [0.15, 0.2) is 48.8 Å². The maximum absolute atomic E-state index is 13.7. The zero-order valence-corrected chi connectivity index (χ0v) is 17.8. The Hall–Kier alpha value is -3.39. The van der Waals surface area contributed by atoms with Crippen molar-refractivity contribution in [2.75, 3.05) is 17.2 Å². The van der Waals surface area contributed by atoms with E-state index in [4.69, 9.17) is 0 Å². The van der Waals surface area contributed by atoms with Gasteiger partial charge in [-0.3, -0.25) is 4.79 Å². The van der Waals surface area contributed by atoms with Gasteiger partial charge in [0.2, 0.25) is 5.91 Å². The van der Waals surface area contributed by atoms with Gasteiger partial charge in [-0.25, -0.2) is 18.7 Å². The third-order valence-electron chi connectivity index (χ3n) is 4.85. The van der Waals surface area contributed by atoms with Crippen LogP contribution < -0.4 is 10.6 Å². The molecule has 8 heteroatoms. The fraction of sp³-hybridized carbons (Fsp3) is 0.174. The Labute approximate surface area is 182 Å². The average molecular weight is 439 g/mol. The predicted molar refractivity (Wildman–Crippen MR) is 120 cm³/mol. The predicted octanol–water partition coefficient (Wildman–Crippen LogP) is 5.69. The summed E-state index contributed by atoms with van der Waals surface area (Å²) in [5, 5.41) is 6.58. The Bertz CT molecular complexity index is 1250. The first kappa shape index (κ1) is 20.9. The van der Waals surface area contributed by atoms with Crippen molar-refractivity contribution in [2.45, 2.75) is 20.3 Å². The molecule has 2 N–H and O–H groups in total. The van der Waals surface area contributed by atoms with Crippen LogP contribution in [0, 0.1) is 25.5 Å². The lowest BCUT2D eigenvalue weighted by molar-refractivity contribution is -0.116. The highest BCUT2D eigenvalue weighted by molar-refractivity contribution is 7.19. The van der Waals surface area contributed by atoms with Crippen LogP contribution in [0.1, 0.15) is 16.9 Å². The number of fused-ring (bicyclic) bond motifs is 1. The van der Waals surface area contributed by atoms with Gasteiger partial charge in [-0.2, -0.15) is 0 Å². The number of aryl methyl sites for hydroxylation is 2. The van der Waals surface area contributed by atoms with Gasteiger partial charge in [0.25, 0.3) is 0 Å². The van der Waals surface area contributed by atoms with E-state index in [9.17, 15) is 13.6 Å². The molecule has 1 amide bonds. The summed E-state index contributed by atoms with van der Waals surface area (Å²) in [7, 11) is 0. The van der Waals surface area contributed by atoms with Crippen molar-refractivity contribution >= 4 is 39.0 Å². The number of hydrogen-bond donors (Lipinski definition) is 2. The van der Waals surface area contributed by atoms with Crippen LogP contribution >= 0.6 is 11.3 Å². The number of amides is 1. The number of carbonyl (C=O) groups excluding carboxylic acids is 1. The Kier molecular flexibility index (Phi) is 5.90. The van der Waals surface area contributed by atoms with Gasteiger partial charge in [-0.1, -0.05) is 29.8 Å². The zero-order chi connectivity index (χ0) is 22.0. The quantitative estimate of drug-likeness (QED) is 0.406. The Balaban J connectivity index is 1.51. The van der Waals surface area contributed by atoms with Crippen LogP contribution in [0.3, 0.4) is 0 Å². The maximum Gasteiger partial charge on any atom is 0.226 e. The molecule has 0 radical (unpaired) electrons. The van der Waals surface area contributed by atoms with Crippen molar-refractivity contribution in [1.29, 1.82) is 0 Å². The van der Waals surface area contributed by atoms with Crippen LogP contribution in [0.4, 0.5) is 20.3 Å². The van der Waals surface area contributed by atoms with E-state index in [1.807, 2.05) is 6.92 Å². The summed E-state index contributed by atoms with van der Waals surface area (Å²) in [6.45, 7) is 4.39. The van der Waals surface area contributed by atoms with Gasteiger partial charge >= 0.3 is 0 Å². The van der Waals surface area contributed by atoms with Gasteiger partial charge in [0.05, 0.1) is 11.1 Å². The first-order valence-electron chi connectivity index (χ1n) is 9.72. The highest BCUT2D eigenvalue weighted by Gasteiger charge is 2.17. The smallest absolute Gasteiger partial charge is 0.226 e. The second kappa shape index (κ2) is 8.77. The van der Waals surface area contributed by atoms with Crippen LogP contribution in [0.25, 0.3) is 21.3 Å². The van der Waals surface area contributed by atoms with Crippen LogP contribution in [-0.4, -0.2) is 22.4 Å². The fourth-order valence-electron chi connectivity index (χ4n) is 3.34. The molecule has 5 nitrogen and oxygen atoms in total. The molecule has 0 bridgehead atoms. The van der Waals surface area contributed by atoms with E-state index in [1.54, 1.807) is 11.3 Å². The monoisotopic (exact) mass is 438 g/mol. The number of anilines is 2. The normalized spacial score (nSPS) is 11.0. The number of hydrogen-bond acceptors (Lipinski definition) is 5. The highest BCUT2D eigenvalue weighted by atomic mass is 32.1. The van der Waals surface area contributed by atoms with Crippen molar-refractivity contribution < 1.29 is 13.6 Å². The molecule has 0 aliphatic heterocycles. The molecule has 2 heterocycles. The molecule has 0 aliphatic carbocycles. The number of halogens is 2. The van der Waals surface area contributed by atoms with E-state index in [1.165, 1.54) is 18.0 Å². The first-order chi connectivity index (χ1) is 14.9. The maximum atomic E-state index is 13.7. The molecule has 0 spiro atoms. The molecule has 0 aliphatic rings. The summed E-state index contributed by atoms with van der Waals surface area (Å²) in [6.07, 6.45) is 1.58. The summed E-state index contributed by atoms with van der Waals surface area (Å²) in [6, 6.07) is 11.3. The first-order valence-corrected chi connectivity index (χ1v) is 10.5. The van der Waals surface area contributed by atoms with Gasteiger partial charge in [-0.05, 0) is 31.5 Å². The summed E-state index contributed by atoms with van der Waals surface area (Å²) < 4.78 is 26.7. The minimum atomic E-state index is -0.810. The molecule has 0 unspecified atom stereocenters. The summed E-state index contributed by atoms with van der Waals surface area (Å²) in [4.78, 5) is 23.0. The van der Waals surface area contributed by atoms with Crippen molar-refractivity contribution in [3.05, 3.63) is 70.9 Å². The molecule has 31 heavy (non-hydrogen) atoms. The van der Waals surface area contributed by atoms with E-state index in [0.29, 0.717) is 12.4 Å². The molecule has 0 saturated carbocycles. The fourth-order valence-corrected chi connectivity index (χ4v) is 4.36. The Morgan fingerprint density at radius 2 is 1.84 bits per heavy atom. The van der Waals surface area contributed by atoms with Crippen molar-refractivity contribution in [1.82, 2.24) is 9.97 Å². The van der Waals surface area contributed by atoms with Crippen LogP contribution in [-0.2, 0) is 4.79 Å². The van der Waals surface area contributed by atoms with E-state index >= 15 is 0 Å². The van der Waals surface area contributed by atoms with Gasteiger partial charge in [-0.15, -0.1) is 11.3 Å². The van der Waals surface area contributed by atoms with Gasteiger partial charge in [0.1, 0.15) is 28.6 Å². The number of rotatable bonds is 6. The highest BCUT2D eigenvalue weighted by Crippen LogP contribution is 2.40. The minimum absolute atomic E-state index is 0.0501. The molecule has 0 atom stereocenters. The molecule has 4 rings (SSSR count). The number of nitrogens with zero attached hydrogens (tertiary/aromatic N) is 2.